The smallest absolute Gasteiger partial charge is 0.229 e. The molecule has 5 heteroatoms. The highest BCUT2D eigenvalue weighted by Gasteiger charge is 2.35. The summed E-state index contributed by atoms with van der Waals surface area (Å²) >= 11 is 0. The van der Waals surface area contributed by atoms with Crippen LogP contribution in [0.2, 0.25) is 0 Å². The third-order valence-electron chi connectivity index (χ3n) is 4.76. The number of hydrogen-bond donors (Lipinski definition) is 1. The molecule has 0 aliphatic carbocycles. The van der Waals surface area contributed by atoms with Gasteiger partial charge in [0.2, 0.25) is 11.8 Å². The Bertz CT molecular complexity index is 815. The van der Waals surface area contributed by atoms with Crippen molar-refractivity contribution in [2.45, 2.75) is 26.7 Å². The maximum atomic E-state index is 12.7. The zero-order valence-corrected chi connectivity index (χ0v) is 15.4. The van der Waals surface area contributed by atoms with Gasteiger partial charge in [0.25, 0.3) is 0 Å². The maximum absolute atomic E-state index is 12.7. The standard InChI is InChI=1S/C21H24N2O3/c1-4-15-6-8-17(9-7-15)23-13-16(12-20(23)24)21(25)22-18-11-14(2)5-10-19(18)26-3/h5-11,16H,4,12-13H2,1-3H3,(H,22,25)/t16-/m1/s1. The van der Waals surface area contributed by atoms with Gasteiger partial charge in [0.15, 0.2) is 0 Å². The first kappa shape index (κ1) is 18.0. The molecule has 1 fully saturated rings. The monoisotopic (exact) mass is 352 g/mol. The van der Waals surface area contributed by atoms with Gasteiger partial charge in [-0.2, -0.15) is 0 Å². The molecule has 1 aliphatic rings. The molecular weight excluding hydrogens is 328 g/mol. The Morgan fingerprint density at radius 1 is 1.23 bits per heavy atom. The number of carbonyl (C=O) groups excluding carboxylic acids is 2. The number of amides is 2. The van der Waals surface area contributed by atoms with E-state index in [0.717, 1.165) is 17.7 Å². The zero-order valence-electron chi connectivity index (χ0n) is 15.4. The Hall–Kier alpha value is -2.82. The lowest BCUT2D eigenvalue weighted by molar-refractivity contribution is -0.122. The van der Waals surface area contributed by atoms with E-state index in [4.69, 9.17) is 4.74 Å². The number of benzene rings is 2. The van der Waals surface area contributed by atoms with E-state index in [0.29, 0.717) is 18.0 Å². The Morgan fingerprint density at radius 2 is 1.96 bits per heavy atom. The van der Waals surface area contributed by atoms with E-state index < -0.39 is 0 Å². The van der Waals surface area contributed by atoms with Crippen molar-refractivity contribution in [2.75, 3.05) is 23.9 Å². The van der Waals surface area contributed by atoms with Crippen molar-refractivity contribution in [3.05, 3.63) is 53.6 Å². The number of ether oxygens (including phenoxy) is 1. The first-order chi connectivity index (χ1) is 12.5. The van der Waals surface area contributed by atoms with Gasteiger partial charge in [-0.1, -0.05) is 25.1 Å². The molecular formula is C21H24N2O3. The molecule has 2 aromatic rings. The van der Waals surface area contributed by atoms with Gasteiger partial charge >= 0.3 is 0 Å². The van der Waals surface area contributed by atoms with Gasteiger partial charge in [-0.3, -0.25) is 9.59 Å². The highest BCUT2D eigenvalue weighted by molar-refractivity contribution is 6.03. The Morgan fingerprint density at radius 3 is 2.62 bits per heavy atom. The average Bonchev–Trinajstić information content (AvgIpc) is 3.04. The predicted octanol–water partition coefficient (Wildman–Crippen LogP) is 3.56. The first-order valence-electron chi connectivity index (χ1n) is 8.86. The molecule has 0 spiro atoms. The van der Waals surface area contributed by atoms with E-state index in [1.54, 1.807) is 12.0 Å². The van der Waals surface area contributed by atoms with Gasteiger partial charge in [0, 0.05) is 18.7 Å². The number of hydrogen-bond acceptors (Lipinski definition) is 3. The fourth-order valence-electron chi connectivity index (χ4n) is 3.20. The number of aryl methyl sites for hydroxylation is 2. The second-order valence-corrected chi connectivity index (χ2v) is 6.62. The minimum atomic E-state index is -0.376. The average molecular weight is 352 g/mol. The van der Waals surface area contributed by atoms with Crippen molar-refractivity contribution in [1.82, 2.24) is 0 Å². The summed E-state index contributed by atoms with van der Waals surface area (Å²) in [7, 11) is 1.57. The van der Waals surface area contributed by atoms with Gasteiger partial charge in [0.05, 0.1) is 18.7 Å². The fraction of sp³-hybridized carbons (Fsp3) is 0.333. The summed E-state index contributed by atoms with van der Waals surface area (Å²) in [6, 6.07) is 13.6. The summed E-state index contributed by atoms with van der Waals surface area (Å²) in [6.45, 7) is 4.44. The lowest BCUT2D eigenvalue weighted by Crippen LogP contribution is -2.28. The predicted molar refractivity (Wildman–Crippen MR) is 103 cm³/mol. The second kappa shape index (κ2) is 7.60. The maximum Gasteiger partial charge on any atom is 0.229 e. The zero-order chi connectivity index (χ0) is 18.7. The minimum Gasteiger partial charge on any atom is -0.495 e. The number of methoxy groups -OCH3 is 1. The highest BCUT2D eigenvalue weighted by Crippen LogP contribution is 2.29. The van der Waals surface area contributed by atoms with Crippen LogP contribution in [0.5, 0.6) is 5.75 Å². The van der Waals surface area contributed by atoms with Crippen LogP contribution in [0.3, 0.4) is 0 Å². The summed E-state index contributed by atoms with van der Waals surface area (Å²) in [4.78, 5) is 26.8. The van der Waals surface area contributed by atoms with Gasteiger partial charge < -0.3 is 15.0 Å². The van der Waals surface area contributed by atoms with Crippen molar-refractivity contribution < 1.29 is 14.3 Å². The van der Waals surface area contributed by atoms with E-state index in [1.807, 2.05) is 49.4 Å². The molecule has 1 heterocycles. The van der Waals surface area contributed by atoms with E-state index in [2.05, 4.69) is 12.2 Å². The Balaban J connectivity index is 1.71. The molecule has 1 aliphatic heterocycles. The molecule has 5 nitrogen and oxygen atoms in total. The summed E-state index contributed by atoms with van der Waals surface area (Å²) in [6.07, 6.45) is 1.17. The van der Waals surface area contributed by atoms with E-state index in [-0.39, 0.29) is 24.2 Å². The summed E-state index contributed by atoms with van der Waals surface area (Å²) < 4.78 is 5.31. The van der Waals surface area contributed by atoms with Crippen LogP contribution in [0.25, 0.3) is 0 Å². The SMILES string of the molecule is CCc1ccc(N2C[C@H](C(=O)Nc3cc(C)ccc3OC)CC2=O)cc1. The van der Waals surface area contributed by atoms with E-state index in [1.165, 1.54) is 5.56 Å². The molecule has 0 aromatic heterocycles. The van der Waals surface area contributed by atoms with Crippen LogP contribution in [0.1, 0.15) is 24.5 Å². The van der Waals surface area contributed by atoms with E-state index >= 15 is 0 Å². The van der Waals surface area contributed by atoms with Gasteiger partial charge in [-0.05, 0) is 48.7 Å². The molecule has 2 amide bonds. The van der Waals surface area contributed by atoms with Crippen LogP contribution >= 0.6 is 0 Å². The van der Waals surface area contributed by atoms with Crippen LogP contribution in [0.4, 0.5) is 11.4 Å². The number of nitrogens with zero attached hydrogens (tertiary/aromatic N) is 1. The van der Waals surface area contributed by atoms with Crippen LogP contribution in [-0.2, 0) is 16.0 Å². The second-order valence-electron chi connectivity index (χ2n) is 6.62. The molecule has 0 radical (unpaired) electrons. The molecule has 1 N–H and O–H groups in total. The van der Waals surface area contributed by atoms with Crippen molar-refractivity contribution >= 4 is 23.2 Å². The summed E-state index contributed by atoms with van der Waals surface area (Å²) in [5.74, 6) is 0.0550. The third kappa shape index (κ3) is 3.72. The molecule has 0 unspecified atom stereocenters. The van der Waals surface area contributed by atoms with Gasteiger partial charge in [-0.25, -0.2) is 0 Å². The van der Waals surface area contributed by atoms with Gasteiger partial charge in [0.1, 0.15) is 5.75 Å². The Labute approximate surface area is 154 Å². The first-order valence-corrected chi connectivity index (χ1v) is 8.86. The van der Waals surface area contributed by atoms with Crippen LogP contribution < -0.4 is 15.0 Å². The fourth-order valence-corrected chi connectivity index (χ4v) is 3.20. The largest absolute Gasteiger partial charge is 0.495 e. The van der Waals surface area contributed by atoms with Crippen LogP contribution in [0.15, 0.2) is 42.5 Å². The number of anilines is 2. The summed E-state index contributed by atoms with van der Waals surface area (Å²) in [5.41, 5.74) is 3.73. The highest BCUT2D eigenvalue weighted by atomic mass is 16.5. The molecule has 2 aromatic carbocycles. The topological polar surface area (TPSA) is 58.6 Å². The third-order valence-corrected chi connectivity index (χ3v) is 4.76. The number of carbonyl (C=O) groups is 2. The quantitative estimate of drug-likeness (QED) is 0.895. The molecule has 1 atom stereocenters. The van der Waals surface area contributed by atoms with Crippen molar-refractivity contribution in [3.63, 3.8) is 0 Å². The molecule has 0 saturated carbocycles. The van der Waals surface area contributed by atoms with Crippen LogP contribution in [-0.4, -0.2) is 25.5 Å². The lowest BCUT2D eigenvalue weighted by Gasteiger charge is -2.17. The van der Waals surface area contributed by atoms with Crippen molar-refractivity contribution in [2.24, 2.45) is 5.92 Å². The Kier molecular flexibility index (Phi) is 5.26. The lowest BCUT2D eigenvalue weighted by atomic mass is 10.1. The summed E-state index contributed by atoms with van der Waals surface area (Å²) in [5, 5.41) is 2.91. The van der Waals surface area contributed by atoms with E-state index in [9.17, 15) is 9.59 Å². The molecule has 136 valence electrons. The normalized spacial score (nSPS) is 16.7. The van der Waals surface area contributed by atoms with Crippen LogP contribution in [0, 0.1) is 12.8 Å². The molecule has 1 saturated heterocycles. The number of rotatable bonds is 5. The van der Waals surface area contributed by atoms with Crippen molar-refractivity contribution in [3.8, 4) is 5.75 Å². The molecule has 26 heavy (non-hydrogen) atoms. The minimum absolute atomic E-state index is 0.0226. The van der Waals surface area contributed by atoms with Gasteiger partial charge in [-0.15, -0.1) is 0 Å². The van der Waals surface area contributed by atoms with Crippen molar-refractivity contribution in [1.29, 1.82) is 0 Å². The molecule has 3 rings (SSSR count). The molecule has 0 bridgehead atoms. The number of nitrogens with one attached hydrogen (secondary N) is 1.